The molecule has 0 atom stereocenters. The summed E-state index contributed by atoms with van der Waals surface area (Å²) in [5, 5.41) is 5.58. The van der Waals surface area contributed by atoms with Crippen molar-refractivity contribution in [2.75, 3.05) is 23.4 Å². The Labute approximate surface area is 140 Å². The zero-order chi connectivity index (χ0) is 16.9. The second kappa shape index (κ2) is 7.04. The van der Waals surface area contributed by atoms with Gasteiger partial charge in [0.25, 0.3) is 0 Å². The van der Waals surface area contributed by atoms with E-state index in [-0.39, 0.29) is 11.9 Å². The zero-order valence-electron chi connectivity index (χ0n) is 13.4. The van der Waals surface area contributed by atoms with E-state index in [2.05, 4.69) is 10.6 Å². The molecular formula is C18H19N3O3. The van der Waals surface area contributed by atoms with Crippen molar-refractivity contribution in [3.63, 3.8) is 0 Å². The Morgan fingerprint density at radius 3 is 2.71 bits per heavy atom. The second-order valence-electron chi connectivity index (χ2n) is 5.49. The number of anilines is 2. The van der Waals surface area contributed by atoms with Crippen molar-refractivity contribution in [3.05, 3.63) is 54.1 Å². The van der Waals surface area contributed by atoms with E-state index >= 15 is 0 Å². The van der Waals surface area contributed by atoms with Gasteiger partial charge in [-0.15, -0.1) is 0 Å². The van der Waals surface area contributed by atoms with E-state index in [4.69, 9.17) is 4.74 Å². The zero-order valence-corrected chi connectivity index (χ0v) is 13.4. The minimum Gasteiger partial charge on any atom is -0.490 e. The maximum Gasteiger partial charge on any atom is 0.319 e. The minimum absolute atomic E-state index is 0.0507. The van der Waals surface area contributed by atoms with Crippen LogP contribution in [0.3, 0.4) is 0 Å². The lowest BCUT2D eigenvalue weighted by Gasteiger charge is -2.29. The van der Waals surface area contributed by atoms with Crippen molar-refractivity contribution in [1.82, 2.24) is 5.32 Å². The standard InChI is InChI=1S/C18H19N3O3/c1-13(22)21-9-10-24-17-8-7-15(11-16(17)21)20-18(23)19-12-14-5-3-2-4-6-14/h2-8,11H,9-10,12H2,1H3,(H2,19,20,23). The van der Waals surface area contributed by atoms with Crippen LogP contribution in [0.25, 0.3) is 0 Å². The number of fused-ring (bicyclic) bond motifs is 1. The van der Waals surface area contributed by atoms with Crippen molar-refractivity contribution in [2.45, 2.75) is 13.5 Å². The summed E-state index contributed by atoms with van der Waals surface area (Å²) < 4.78 is 5.55. The molecule has 2 aromatic rings. The highest BCUT2D eigenvalue weighted by atomic mass is 16.5. The van der Waals surface area contributed by atoms with Gasteiger partial charge in [0.1, 0.15) is 12.4 Å². The van der Waals surface area contributed by atoms with Crippen molar-refractivity contribution in [1.29, 1.82) is 0 Å². The molecule has 6 nitrogen and oxygen atoms in total. The van der Waals surface area contributed by atoms with Crippen molar-refractivity contribution >= 4 is 23.3 Å². The number of urea groups is 1. The number of benzene rings is 2. The molecule has 0 saturated carbocycles. The average molecular weight is 325 g/mol. The van der Waals surface area contributed by atoms with Crippen LogP contribution in [0.1, 0.15) is 12.5 Å². The van der Waals surface area contributed by atoms with Gasteiger partial charge in [0.15, 0.2) is 0 Å². The molecule has 1 aliphatic heterocycles. The lowest BCUT2D eigenvalue weighted by atomic mass is 10.2. The maximum atomic E-state index is 12.0. The molecule has 0 unspecified atom stereocenters. The molecule has 0 saturated heterocycles. The van der Waals surface area contributed by atoms with Gasteiger partial charge in [-0.3, -0.25) is 4.79 Å². The van der Waals surface area contributed by atoms with Gasteiger partial charge in [-0.1, -0.05) is 30.3 Å². The Balaban J connectivity index is 1.66. The van der Waals surface area contributed by atoms with Gasteiger partial charge in [-0.2, -0.15) is 0 Å². The quantitative estimate of drug-likeness (QED) is 0.911. The molecule has 2 N–H and O–H groups in total. The first-order valence-electron chi connectivity index (χ1n) is 7.77. The predicted molar refractivity (Wildman–Crippen MR) is 92.3 cm³/mol. The Kier molecular flexibility index (Phi) is 4.65. The molecule has 0 bridgehead atoms. The van der Waals surface area contributed by atoms with Gasteiger partial charge in [-0.05, 0) is 23.8 Å². The first-order valence-corrected chi connectivity index (χ1v) is 7.77. The predicted octanol–water partition coefficient (Wildman–Crippen LogP) is 2.75. The third kappa shape index (κ3) is 3.65. The molecule has 0 fully saturated rings. The molecule has 3 rings (SSSR count). The number of amides is 3. The van der Waals surface area contributed by atoms with Crippen LogP contribution in [0.2, 0.25) is 0 Å². The summed E-state index contributed by atoms with van der Waals surface area (Å²) in [4.78, 5) is 25.4. The summed E-state index contributed by atoms with van der Waals surface area (Å²) in [6, 6.07) is 14.6. The Hall–Kier alpha value is -3.02. The van der Waals surface area contributed by atoms with E-state index in [1.54, 1.807) is 23.1 Å². The molecular weight excluding hydrogens is 306 g/mol. The number of hydrogen-bond donors (Lipinski definition) is 2. The molecule has 1 heterocycles. The topological polar surface area (TPSA) is 70.7 Å². The van der Waals surface area contributed by atoms with Crippen molar-refractivity contribution < 1.29 is 14.3 Å². The third-order valence-corrected chi connectivity index (χ3v) is 3.76. The summed E-state index contributed by atoms with van der Waals surface area (Å²) in [5.41, 5.74) is 2.31. The highest BCUT2D eigenvalue weighted by Crippen LogP contribution is 2.34. The number of carbonyl (C=O) groups excluding carboxylic acids is 2. The monoisotopic (exact) mass is 325 g/mol. The highest BCUT2D eigenvalue weighted by Gasteiger charge is 2.21. The van der Waals surface area contributed by atoms with E-state index in [1.165, 1.54) is 6.92 Å². The number of carbonyl (C=O) groups is 2. The highest BCUT2D eigenvalue weighted by molar-refractivity contribution is 5.96. The molecule has 124 valence electrons. The van der Waals surface area contributed by atoms with Crippen LogP contribution in [0.15, 0.2) is 48.5 Å². The molecule has 2 aromatic carbocycles. The number of rotatable bonds is 3. The lowest BCUT2D eigenvalue weighted by molar-refractivity contribution is -0.116. The first kappa shape index (κ1) is 15.9. The fourth-order valence-electron chi connectivity index (χ4n) is 2.58. The molecule has 0 aliphatic carbocycles. The Bertz CT molecular complexity index is 746. The number of nitrogens with one attached hydrogen (secondary N) is 2. The summed E-state index contributed by atoms with van der Waals surface area (Å²) in [7, 11) is 0. The van der Waals surface area contributed by atoms with Gasteiger partial charge in [-0.25, -0.2) is 4.79 Å². The van der Waals surface area contributed by atoms with Gasteiger partial charge < -0.3 is 20.3 Å². The van der Waals surface area contributed by atoms with Crippen LogP contribution >= 0.6 is 0 Å². The number of ether oxygens (including phenoxy) is 1. The largest absolute Gasteiger partial charge is 0.490 e. The van der Waals surface area contributed by atoms with Crippen LogP contribution < -0.4 is 20.3 Å². The van der Waals surface area contributed by atoms with E-state index in [1.807, 2.05) is 30.3 Å². The summed E-state index contributed by atoms with van der Waals surface area (Å²) >= 11 is 0. The molecule has 0 spiro atoms. The van der Waals surface area contributed by atoms with Crippen LogP contribution in [0.5, 0.6) is 5.75 Å². The summed E-state index contributed by atoms with van der Waals surface area (Å²) in [5.74, 6) is 0.594. The average Bonchev–Trinajstić information content (AvgIpc) is 2.60. The molecule has 3 amide bonds. The fraction of sp³-hybridized carbons (Fsp3) is 0.222. The van der Waals surface area contributed by atoms with Crippen molar-refractivity contribution in [2.24, 2.45) is 0 Å². The fourth-order valence-corrected chi connectivity index (χ4v) is 2.58. The van der Waals surface area contributed by atoms with E-state index in [0.29, 0.717) is 36.8 Å². The molecule has 6 heteroatoms. The van der Waals surface area contributed by atoms with Crippen LogP contribution in [0.4, 0.5) is 16.2 Å². The SMILES string of the molecule is CC(=O)N1CCOc2ccc(NC(=O)NCc3ccccc3)cc21. The lowest BCUT2D eigenvalue weighted by Crippen LogP contribution is -2.36. The van der Waals surface area contributed by atoms with Crippen LogP contribution in [-0.2, 0) is 11.3 Å². The van der Waals surface area contributed by atoms with Gasteiger partial charge in [0, 0.05) is 19.2 Å². The molecule has 0 aromatic heterocycles. The normalized spacial score (nSPS) is 12.8. The van der Waals surface area contributed by atoms with Gasteiger partial charge in [0.05, 0.1) is 12.2 Å². The molecule has 1 aliphatic rings. The van der Waals surface area contributed by atoms with E-state index in [0.717, 1.165) is 5.56 Å². The van der Waals surface area contributed by atoms with E-state index < -0.39 is 0 Å². The molecule has 0 radical (unpaired) electrons. The Morgan fingerprint density at radius 2 is 1.96 bits per heavy atom. The number of nitrogens with zero attached hydrogens (tertiary/aromatic N) is 1. The molecule has 24 heavy (non-hydrogen) atoms. The first-order chi connectivity index (χ1) is 11.6. The van der Waals surface area contributed by atoms with E-state index in [9.17, 15) is 9.59 Å². The third-order valence-electron chi connectivity index (χ3n) is 3.76. The van der Waals surface area contributed by atoms with Crippen molar-refractivity contribution in [3.8, 4) is 5.75 Å². The van der Waals surface area contributed by atoms with Gasteiger partial charge >= 0.3 is 6.03 Å². The van der Waals surface area contributed by atoms with Gasteiger partial charge in [0.2, 0.25) is 5.91 Å². The Morgan fingerprint density at radius 1 is 1.17 bits per heavy atom. The second-order valence-corrected chi connectivity index (χ2v) is 5.49. The summed E-state index contributed by atoms with van der Waals surface area (Å²) in [6.45, 7) is 2.94. The summed E-state index contributed by atoms with van der Waals surface area (Å²) in [6.07, 6.45) is 0. The minimum atomic E-state index is -0.301. The smallest absolute Gasteiger partial charge is 0.319 e. The van der Waals surface area contributed by atoms with Crippen LogP contribution in [-0.4, -0.2) is 25.1 Å². The van der Waals surface area contributed by atoms with Crippen LogP contribution in [0, 0.1) is 0 Å². The number of hydrogen-bond acceptors (Lipinski definition) is 3. The maximum absolute atomic E-state index is 12.0.